The average Bonchev–Trinajstić information content (AvgIpc) is 2.88. The standard InChI is InChI=1S/C14H9F2N3O2/c15-10-4-3-8(6-11(10)16)12-14(18-21)19-5-1-2-9(7-20)13(19)17-12/h1-6,20H,7H2. The van der Waals surface area contributed by atoms with E-state index in [1.807, 2.05) is 0 Å². The van der Waals surface area contributed by atoms with E-state index >= 15 is 0 Å². The van der Waals surface area contributed by atoms with E-state index in [9.17, 15) is 18.8 Å². The third-order valence-corrected chi connectivity index (χ3v) is 3.16. The van der Waals surface area contributed by atoms with Gasteiger partial charge in [-0.1, -0.05) is 6.07 Å². The third-order valence-electron chi connectivity index (χ3n) is 3.16. The van der Waals surface area contributed by atoms with Crippen LogP contribution in [0, 0.1) is 16.5 Å². The highest BCUT2D eigenvalue weighted by Gasteiger charge is 2.17. The summed E-state index contributed by atoms with van der Waals surface area (Å²) in [6, 6.07) is 6.49. The van der Waals surface area contributed by atoms with Gasteiger partial charge in [0.05, 0.1) is 6.61 Å². The molecule has 0 unspecified atom stereocenters. The van der Waals surface area contributed by atoms with Crippen molar-refractivity contribution in [2.75, 3.05) is 0 Å². The smallest absolute Gasteiger partial charge is 0.209 e. The number of hydrogen-bond donors (Lipinski definition) is 1. The molecule has 0 aliphatic carbocycles. The topological polar surface area (TPSA) is 67.0 Å². The van der Waals surface area contributed by atoms with Crippen LogP contribution >= 0.6 is 0 Å². The maximum Gasteiger partial charge on any atom is 0.209 e. The van der Waals surface area contributed by atoms with Crippen LogP contribution in [0.25, 0.3) is 16.9 Å². The number of benzene rings is 1. The number of fused-ring (bicyclic) bond motifs is 1. The van der Waals surface area contributed by atoms with Crippen LogP contribution in [0.1, 0.15) is 5.56 Å². The van der Waals surface area contributed by atoms with Gasteiger partial charge in [0.25, 0.3) is 0 Å². The number of pyridine rings is 1. The SMILES string of the molecule is O=Nc1c(-c2ccc(F)c(F)c2)nc2c(CO)cccn12. The van der Waals surface area contributed by atoms with Crippen LogP contribution in [0.15, 0.2) is 41.7 Å². The quantitative estimate of drug-likeness (QED) is 0.753. The predicted octanol–water partition coefficient (Wildman–Crippen LogP) is 3.17. The molecule has 3 rings (SSSR count). The number of nitroso groups, excluding NO2 is 1. The minimum absolute atomic E-state index is 0.0358. The molecule has 3 aromatic rings. The largest absolute Gasteiger partial charge is 0.392 e. The molecule has 0 aliphatic heterocycles. The first-order valence-corrected chi connectivity index (χ1v) is 6.05. The van der Waals surface area contributed by atoms with Crippen molar-refractivity contribution in [3.05, 3.63) is 58.6 Å². The van der Waals surface area contributed by atoms with Crippen LogP contribution in [-0.4, -0.2) is 14.5 Å². The van der Waals surface area contributed by atoms with Gasteiger partial charge in [-0.25, -0.2) is 13.8 Å². The second-order valence-electron chi connectivity index (χ2n) is 4.39. The fourth-order valence-corrected chi connectivity index (χ4v) is 2.16. The average molecular weight is 289 g/mol. The van der Waals surface area contributed by atoms with E-state index in [4.69, 9.17) is 0 Å². The zero-order valence-corrected chi connectivity index (χ0v) is 10.6. The molecule has 0 spiro atoms. The van der Waals surface area contributed by atoms with Crippen molar-refractivity contribution >= 4 is 11.5 Å². The van der Waals surface area contributed by atoms with E-state index in [2.05, 4.69) is 10.2 Å². The Labute approximate surface area is 117 Å². The summed E-state index contributed by atoms with van der Waals surface area (Å²) in [6.45, 7) is -0.267. The molecule has 5 nitrogen and oxygen atoms in total. The number of aliphatic hydroxyl groups excluding tert-OH is 1. The van der Waals surface area contributed by atoms with Crippen LogP contribution < -0.4 is 0 Å². The monoisotopic (exact) mass is 289 g/mol. The van der Waals surface area contributed by atoms with Gasteiger partial charge in [0.2, 0.25) is 5.82 Å². The summed E-state index contributed by atoms with van der Waals surface area (Å²) >= 11 is 0. The van der Waals surface area contributed by atoms with Crippen molar-refractivity contribution in [3.63, 3.8) is 0 Å². The normalized spacial score (nSPS) is 11.0. The molecule has 1 aromatic carbocycles. The fraction of sp³-hybridized carbons (Fsp3) is 0.0714. The fourth-order valence-electron chi connectivity index (χ4n) is 2.16. The van der Waals surface area contributed by atoms with Gasteiger partial charge in [0, 0.05) is 17.3 Å². The lowest BCUT2D eigenvalue weighted by atomic mass is 10.1. The molecular weight excluding hydrogens is 280 g/mol. The summed E-state index contributed by atoms with van der Waals surface area (Å²) in [7, 11) is 0. The number of rotatable bonds is 3. The van der Waals surface area contributed by atoms with Crippen molar-refractivity contribution in [1.82, 2.24) is 9.38 Å². The Kier molecular flexibility index (Phi) is 3.19. The Morgan fingerprint density at radius 3 is 2.71 bits per heavy atom. The summed E-state index contributed by atoms with van der Waals surface area (Å²) in [6.07, 6.45) is 1.56. The highest BCUT2D eigenvalue weighted by molar-refractivity contribution is 5.75. The Bertz CT molecular complexity index is 846. The number of hydrogen-bond acceptors (Lipinski definition) is 4. The minimum Gasteiger partial charge on any atom is -0.392 e. The van der Waals surface area contributed by atoms with E-state index in [-0.39, 0.29) is 23.7 Å². The molecule has 21 heavy (non-hydrogen) atoms. The Morgan fingerprint density at radius 2 is 2.05 bits per heavy atom. The number of aromatic nitrogens is 2. The molecule has 0 fully saturated rings. The number of aliphatic hydroxyl groups is 1. The first-order chi connectivity index (χ1) is 10.2. The van der Waals surface area contributed by atoms with Gasteiger partial charge in [-0.05, 0) is 29.4 Å². The predicted molar refractivity (Wildman–Crippen MR) is 71.9 cm³/mol. The van der Waals surface area contributed by atoms with Crippen LogP contribution in [0.2, 0.25) is 0 Å². The van der Waals surface area contributed by atoms with Crippen LogP contribution in [-0.2, 0) is 6.61 Å². The van der Waals surface area contributed by atoms with Gasteiger partial charge in [-0.3, -0.25) is 4.40 Å². The summed E-state index contributed by atoms with van der Waals surface area (Å²) in [4.78, 5) is 15.3. The number of imidazole rings is 1. The van der Waals surface area contributed by atoms with Crippen molar-refractivity contribution in [2.24, 2.45) is 5.18 Å². The van der Waals surface area contributed by atoms with E-state index in [0.717, 1.165) is 12.1 Å². The van der Waals surface area contributed by atoms with E-state index in [1.54, 1.807) is 18.3 Å². The second-order valence-corrected chi connectivity index (χ2v) is 4.39. The van der Waals surface area contributed by atoms with Gasteiger partial charge in [-0.15, -0.1) is 4.91 Å². The Hall–Kier alpha value is -2.67. The van der Waals surface area contributed by atoms with Crippen molar-refractivity contribution < 1.29 is 13.9 Å². The van der Waals surface area contributed by atoms with E-state index in [1.165, 1.54) is 10.5 Å². The first kappa shape index (κ1) is 13.3. The molecule has 2 aromatic heterocycles. The molecule has 0 atom stereocenters. The molecule has 0 saturated carbocycles. The highest BCUT2D eigenvalue weighted by atomic mass is 19.2. The number of nitrogens with zero attached hydrogens (tertiary/aromatic N) is 3. The molecule has 0 saturated heterocycles. The van der Waals surface area contributed by atoms with E-state index in [0.29, 0.717) is 11.2 Å². The van der Waals surface area contributed by atoms with Crippen LogP contribution in [0.5, 0.6) is 0 Å². The van der Waals surface area contributed by atoms with Gasteiger partial charge < -0.3 is 5.11 Å². The van der Waals surface area contributed by atoms with Crippen LogP contribution in [0.4, 0.5) is 14.6 Å². The zero-order chi connectivity index (χ0) is 15.0. The molecule has 7 heteroatoms. The van der Waals surface area contributed by atoms with Crippen molar-refractivity contribution in [2.45, 2.75) is 6.61 Å². The minimum atomic E-state index is -1.04. The van der Waals surface area contributed by atoms with Gasteiger partial charge in [-0.2, -0.15) is 0 Å². The van der Waals surface area contributed by atoms with Gasteiger partial charge >= 0.3 is 0 Å². The lowest BCUT2D eigenvalue weighted by Crippen LogP contribution is -1.90. The summed E-state index contributed by atoms with van der Waals surface area (Å²) in [5.74, 6) is -2.06. The lowest BCUT2D eigenvalue weighted by Gasteiger charge is -1.99. The summed E-state index contributed by atoms with van der Waals surface area (Å²) in [5.41, 5.74) is 1.20. The molecule has 1 N–H and O–H groups in total. The Morgan fingerprint density at radius 1 is 1.24 bits per heavy atom. The van der Waals surface area contributed by atoms with Crippen LogP contribution in [0.3, 0.4) is 0 Å². The van der Waals surface area contributed by atoms with Crippen molar-refractivity contribution in [1.29, 1.82) is 0 Å². The first-order valence-electron chi connectivity index (χ1n) is 6.05. The molecular formula is C14H9F2N3O2. The molecule has 0 amide bonds. The molecule has 0 bridgehead atoms. The molecule has 106 valence electrons. The van der Waals surface area contributed by atoms with E-state index < -0.39 is 11.6 Å². The second kappa shape index (κ2) is 5.02. The summed E-state index contributed by atoms with van der Waals surface area (Å²) < 4.78 is 27.7. The highest BCUT2D eigenvalue weighted by Crippen LogP contribution is 2.32. The third kappa shape index (κ3) is 2.07. The maximum absolute atomic E-state index is 13.3. The maximum atomic E-state index is 13.3. The van der Waals surface area contributed by atoms with Gasteiger partial charge in [0.15, 0.2) is 11.6 Å². The lowest BCUT2D eigenvalue weighted by molar-refractivity contribution is 0.282. The zero-order valence-electron chi connectivity index (χ0n) is 10.6. The Balaban J connectivity index is 2.31. The molecule has 0 radical (unpaired) electrons. The summed E-state index contributed by atoms with van der Waals surface area (Å²) in [5, 5.41) is 12.2. The molecule has 2 heterocycles. The molecule has 0 aliphatic rings. The number of halogens is 2. The van der Waals surface area contributed by atoms with Gasteiger partial charge in [0.1, 0.15) is 11.3 Å². The van der Waals surface area contributed by atoms with Crippen molar-refractivity contribution in [3.8, 4) is 11.3 Å².